The number of halogens is 4. The van der Waals surface area contributed by atoms with Gasteiger partial charge in [0.05, 0.1) is 14.9 Å². The van der Waals surface area contributed by atoms with Crippen molar-refractivity contribution in [2.75, 3.05) is 0 Å². The molecule has 0 rings (SSSR count). The van der Waals surface area contributed by atoms with E-state index in [1.165, 1.54) is 0 Å². The zero-order valence-corrected chi connectivity index (χ0v) is 10.8. The fraction of sp³-hybridized carbons (Fsp3) is 0.500. The van der Waals surface area contributed by atoms with Gasteiger partial charge in [0, 0.05) is 0 Å². The zero-order valence-electron chi connectivity index (χ0n) is 8.18. The van der Waals surface area contributed by atoms with Gasteiger partial charge in [-0.1, -0.05) is 0 Å². The molecule has 0 aliphatic heterocycles. The zero-order chi connectivity index (χ0) is 16.9. The Morgan fingerprint density at radius 3 is 1.21 bits per heavy atom. The molecule has 11 nitrogen and oxygen atoms in total. The Hall–Kier alpha value is -0.240. The van der Waals surface area contributed by atoms with E-state index in [-0.39, 0.29) is 0 Å². The smallest absolute Gasteiger partial charge is 0.475 e. The second-order valence-corrected chi connectivity index (χ2v) is 3.07. The van der Waals surface area contributed by atoms with Gasteiger partial charge in [-0.15, -0.1) is 0 Å². The van der Waals surface area contributed by atoms with Crippen molar-refractivity contribution < 1.29 is 76.1 Å². The minimum Gasteiger partial charge on any atom is -0.475 e. The average Bonchev–Trinajstić information content (AvgIpc) is 1.97. The summed E-state index contributed by atoms with van der Waals surface area (Å²) in [7, 11) is -8.48. The van der Waals surface area contributed by atoms with Crippen LogP contribution in [0.4, 0.5) is 13.2 Å². The van der Waals surface area contributed by atoms with Crippen LogP contribution in [0.15, 0.2) is 0 Å². The molecule has 0 saturated heterocycles. The van der Waals surface area contributed by atoms with Crippen LogP contribution in [0.2, 0.25) is 0 Å². The summed E-state index contributed by atoms with van der Waals surface area (Å²) in [5, 5.41) is 7.12. The second kappa shape index (κ2) is 14.2. The topological polar surface area (TPSA) is 225 Å². The van der Waals surface area contributed by atoms with Gasteiger partial charge in [-0.3, -0.25) is 0 Å². The summed E-state index contributed by atoms with van der Waals surface area (Å²) in [6.45, 7) is 0. The molecule has 0 spiro atoms. The summed E-state index contributed by atoms with van der Waals surface area (Å²) >= 11 is 0. The highest BCUT2D eigenvalue weighted by molar-refractivity contribution is 7.38. The molecule has 0 fully saturated rings. The van der Waals surface area contributed by atoms with Crippen molar-refractivity contribution >= 4 is 23.3 Å². The van der Waals surface area contributed by atoms with E-state index in [0.29, 0.717) is 0 Å². The predicted molar refractivity (Wildman–Crippen MR) is 40.7 cm³/mol. The Kier molecular flexibility index (Phi) is 20.3. The van der Waals surface area contributed by atoms with Crippen molar-refractivity contribution in [3.8, 4) is 0 Å². The number of rotatable bonds is 0. The molecule has 0 amide bonds. The molecule has 0 bridgehead atoms. The quantitative estimate of drug-likeness (QED) is 0.226. The first kappa shape index (κ1) is 27.2. The maximum atomic E-state index is 10.6. The summed E-state index contributed by atoms with van der Waals surface area (Å²) in [6.07, 6.45) is -5.08. The van der Waals surface area contributed by atoms with Crippen LogP contribution in [0.1, 0.15) is 0 Å². The second-order valence-electron chi connectivity index (χ2n) is 1.56. The fourth-order valence-electron chi connectivity index (χ4n) is 0. The standard InChI is InChI=1S/C2HF3O2.ClHO4.H3O3P.HO2P/c3-2(4,5)1(6)7;2-1(3,4)5;1-4(2)3;1-3-2/h(H,6,7);(H,2,3,4,5);1-3H;3H/p+1. The van der Waals surface area contributed by atoms with Crippen LogP contribution in [-0.2, 0) is 9.36 Å². The molecule has 1 unspecified atom stereocenters. The van der Waals surface area contributed by atoms with Gasteiger partial charge >= 0.3 is 29.4 Å². The van der Waals surface area contributed by atoms with Gasteiger partial charge in [0.2, 0.25) is 0 Å². The van der Waals surface area contributed by atoms with Gasteiger partial charge in [0.15, 0.2) is 0 Å². The van der Waals surface area contributed by atoms with Crippen LogP contribution in [0, 0.1) is 10.2 Å². The SMILES string of the molecule is O=C(O)C(F)(F)F.O=[PH+]O.OP(O)O.[O-][Cl+3]([O-])([O-])O. The third kappa shape index (κ3) is 133. The summed E-state index contributed by atoms with van der Waals surface area (Å²) in [6, 6.07) is 0. The van der Waals surface area contributed by atoms with Crippen molar-refractivity contribution in [3.05, 3.63) is 0 Å². The van der Waals surface area contributed by atoms with Gasteiger partial charge < -0.3 is 19.8 Å². The van der Waals surface area contributed by atoms with Gasteiger partial charge in [0.25, 0.3) is 0 Å². The van der Waals surface area contributed by atoms with E-state index < -0.39 is 39.7 Å². The highest BCUT2D eigenvalue weighted by Crippen LogP contribution is 2.13. The highest BCUT2D eigenvalue weighted by Gasteiger charge is 2.38. The molecule has 0 aliphatic rings. The molecule has 0 aliphatic carbocycles. The van der Waals surface area contributed by atoms with E-state index in [1.807, 2.05) is 0 Å². The lowest BCUT2D eigenvalue weighted by atomic mass is 10.7. The van der Waals surface area contributed by atoms with Crippen molar-refractivity contribution in [1.29, 1.82) is 0 Å². The van der Waals surface area contributed by atoms with Crippen LogP contribution in [-0.4, -0.2) is 41.5 Å². The third-order valence-electron chi connectivity index (χ3n) is 0.243. The molecule has 0 heterocycles. The van der Waals surface area contributed by atoms with Gasteiger partial charge in [-0.05, 0) is 4.57 Å². The van der Waals surface area contributed by atoms with Crippen molar-refractivity contribution in [3.63, 3.8) is 0 Å². The Morgan fingerprint density at radius 2 is 1.21 bits per heavy atom. The first-order chi connectivity index (χ1) is 8.09. The largest absolute Gasteiger partial charge is 0.491 e. The van der Waals surface area contributed by atoms with Crippen LogP contribution in [0.25, 0.3) is 0 Å². The van der Waals surface area contributed by atoms with Crippen LogP contribution >= 0.6 is 17.3 Å². The molecule has 17 heteroatoms. The molecular weight excluding hydrogens is 354 g/mol. The van der Waals surface area contributed by atoms with Gasteiger partial charge in [0.1, 0.15) is 0 Å². The average molecular weight is 361 g/mol. The lowest BCUT2D eigenvalue weighted by Gasteiger charge is -2.03. The van der Waals surface area contributed by atoms with Crippen LogP contribution in [0.5, 0.6) is 0 Å². The van der Waals surface area contributed by atoms with E-state index in [9.17, 15) is 13.2 Å². The number of aliphatic carboxylic acids is 1. The number of alkyl halides is 3. The Bertz CT molecular complexity index is 218. The normalized spacial score (nSPS) is 10.3. The van der Waals surface area contributed by atoms with E-state index in [0.717, 1.165) is 0 Å². The molecule has 0 saturated carbocycles. The van der Waals surface area contributed by atoms with Gasteiger partial charge in [-0.25, -0.2) is 4.79 Å². The Balaban J connectivity index is -0.0000000833. The fourth-order valence-corrected chi connectivity index (χ4v) is 0. The Labute approximate surface area is 106 Å². The molecule has 0 aromatic carbocycles. The maximum absolute atomic E-state index is 10.6. The van der Waals surface area contributed by atoms with E-state index in [2.05, 4.69) is 0 Å². The first-order valence-electron chi connectivity index (χ1n) is 2.90. The summed E-state index contributed by atoms with van der Waals surface area (Å²) in [4.78, 5) is 37.6. The number of carboxylic acid groups (broad SMARTS) is 1. The molecule has 0 aromatic rings. The number of carbonyl (C=O) groups is 1. The van der Waals surface area contributed by atoms with Crippen molar-refractivity contribution in [2.45, 2.75) is 6.18 Å². The van der Waals surface area contributed by atoms with Crippen LogP contribution < -0.4 is 14.0 Å². The lowest BCUT2D eigenvalue weighted by Crippen LogP contribution is -2.58. The predicted octanol–water partition coefficient (Wildman–Crippen LogP) is -4.38. The minimum absolute atomic E-state index is 1.17. The highest BCUT2D eigenvalue weighted by atomic mass is 35.7. The van der Waals surface area contributed by atoms with Crippen LogP contribution in [0.3, 0.4) is 0 Å². The number of hydrogen-bond donors (Lipinski definition) is 6. The number of carboxylic acids is 1. The lowest BCUT2D eigenvalue weighted by molar-refractivity contribution is -1.92. The molecular formula is C2H7ClF3O11P2+. The van der Waals surface area contributed by atoms with Crippen molar-refractivity contribution in [2.24, 2.45) is 0 Å². The summed E-state index contributed by atoms with van der Waals surface area (Å²) in [5.74, 6) is -2.76. The maximum Gasteiger partial charge on any atom is 0.491 e. The Morgan fingerprint density at radius 1 is 1.16 bits per heavy atom. The minimum atomic E-state index is -5.08. The van der Waals surface area contributed by atoms with Gasteiger partial charge in [-0.2, -0.15) is 32.0 Å². The molecule has 1 atom stereocenters. The third-order valence-corrected chi connectivity index (χ3v) is 0.243. The van der Waals surface area contributed by atoms with Crippen molar-refractivity contribution in [1.82, 2.24) is 0 Å². The summed E-state index contributed by atoms with van der Waals surface area (Å²) in [5.41, 5.74) is 0. The first-order valence-corrected chi connectivity index (χ1v) is 6.22. The molecule has 0 radical (unpaired) electrons. The molecule has 19 heavy (non-hydrogen) atoms. The van der Waals surface area contributed by atoms with E-state index >= 15 is 0 Å². The van der Waals surface area contributed by atoms with E-state index in [1.54, 1.807) is 0 Å². The monoisotopic (exact) mass is 361 g/mol. The molecule has 6 N–H and O–H groups in total. The number of hydrogen-bond acceptors (Lipinski definition) is 9. The molecule has 0 aromatic heterocycles. The van der Waals surface area contributed by atoms with E-state index in [4.69, 9.17) is 52.7 Å². The summed E-state index contributed by atoms with van der Waals surface area (Å²) < 4.78 is 73.0. The molecule has 118 valence electrons.